The number of aromatic hydroxyl groups is 2. The van der Waals surface area contributed by atoms with Crippen molar-refractivity contribution in [1.29, 1.82) is 0 Å². The summed E-state index contributed by atoms with van der Waals surface area (Å²) >= 11 is -2.03. The van der Waals surface area contributed by atoms with Gasteiger partial charge in [-0.15, -0.1) is 0 Å². The summed E-state index contributed by atoms with van der Waals surface area (Å²) in [4.78, 5) is 22.4. The fraction of sp³-hybridized carbons (Fsp3) is 0.214. The van der Waals surface area contributed by atoms with Gasteiger partial charge in [-0.3, -0.25) is 9.59 Å². The quantitative estimate of drug-likeness (QED) is 0.330. The molecule has 0 bridgehead atoms. The number of hydrogen-bond acceptors (Lipinski definition) is 6. The van der Waals surface area contributed by atoms with Crippen LogP contribution in [0, 0.1) is 13.8 Å². The van der Waals surface area contributed by atoms with Crippen LogP contribution in [-0.2, 0) is 51.2 Å². The van der Waals surface area contributed by atoms with Crippen molar-refractivity contribution < 1.29 is 35.5 Å². The van der Waals surface area contributed by atoms with Crippen molar-refractivity contribution in [1.82, 2.24) is 9.13 Å². The first-order chi connectivity index (χ1) is 17.8. The molecule has 2 N–H and O–H groups in total. The number of pyridine rings is 2. The summed E-state index contributed by atoms with van der Waals surface area (Å²) in [5, 5.41) is 19.1. The number of benzene rings is 2. The Morgan fingerprint density at radius 1 is 0.622 bits per heavy atom. The molecule has 2 aromatic heterocycles. The molecule has 0 atom stereocenters. The van der Waals surface area contributed by atoms with E-state index in [1.165, 1.54) is 23.3 Å². The molecule has 2 aromatic carbocycles. The minimum absolute atomic E-state index is 0.152. The molecule has 0 aliphatic rings. The van der Waals surface area contributed by atoms with E-state index in [2.05, 4.69) is 24.3 Å². The topological polar surface area (TPSA) is 119 Å². The third-order valence-corrected chi connectivity index (χ3v) is 5.79. The molecule has 37 heavy (non-hydrogen) atoms. The molecule has 0 fully saturated rings. The van der Waals surface area contributed by atoms with E-state index < -0.39 is 18.5 Å². The minimum atomic E-state index is -2.03. The standard InChI is InChI=1S/2C14H15NO2.Mo.2O/c2*1-11-14(17)13(16)8-10-15(11)9-7-12-5-3-2-4-6-12;;;/h2*2-6,8,10,17H,7,9H2,1H3;;;. The van der Waals surface area contributed by atoms with Crippen molar-refractivity contribution in [2.45, 2.75) is 39.8 Å². The van der Waals surface area contributed by atoms with E-state index in [-0.39, 0.29) is 22.4 Å². The van der Waals surface area contributed by atoms with Crippen LogP contribution in [0.2, 0.25) is 0 Å². The fourth-order valence-corrected chi connectivity index (χ4v) is 3.60. The van der Waals surface area contributed by atoms with E-state index in [0.717, 1.165) is 25.9 Å². The molecule has 9 heteroatoms. The van der Waals surface area contributed by atoms with Crippen LogP contribution in [0.5, 0.6) is 11.5 Å². The predicted molar refractivity (Wildman–Crippen MR) is 136 cm³/mol. The Kier molecular flexibility index (Phi) is 12.2. The van der Waals surface area contributed by atoms with Crippen molar-refractivity contribution >= 4 is 0 Å². The van der Waals surface area contributed by atoms with Crippen molar-refractivity contribution in [2.75, 3.05) is 0 Å². The van der Waals surface area contributed by atoms with Crippen LogP contribution < -0.4 is 10.9 Å². The Morgan fingerprint density at radius 3 is 1.27 bits per heavy atom. The summed E-state index contributed by atoms with van der Waals surface area (Å²) in [6, 6.07) is 23.1. The third kappa shape index (κ3) is 9.31. The maximum atomic E-state index is 11.2. The van der Waals surface area contributed by atoms with Gasteiger partial charge in [0.25, 0.3) is 0 Å². The molecule has 8 nitrogen and oxygen atoms in total. The number of aromatic nitrogens is 2. The molecule has 2 heterocycles. The van der Waals surface area contributed by atoms with Gasteiger partial charge in [0.2, 0.25) is 10.9 Å². The molecule has 4 rings (SSSR count). The second-order valence-electron chi connectivity index (χ2n) is 8.15. The molecule has 0 spiro atoms. The van der Waals surface area contributed by atoms with E-state index in [9.17, 15) is 19.8 Å². The Labute approximate surface area is 223 Å². The predicted octanol–water partition coefficient (Wildman–Crippen LogP) is 3.97. The number of rotatable bonds is 6. The molecule has 0 radical (unpaired) electrons. The first kappa shape index (κ1) is 29.5. The van der Waals surface area contributed by atoms with Crippen LogP contribution in [0.4, 0.5) is 0 Å². The first-order valence-electron chi connectivity index (χ1n) is 11.6. The van der Waals surface area contributed by atoms with Gasteiger partial charge < -0.3 is 19.3 Å². The zero-order valence-corrected chi connectivity index (χ0v) is 22.7. The zero-order chi connectivity index (χ0) is 27.2. The summed E-state index contributed by atoms with van der Waals surface area (Å²) in [5.74, 6) is -0.305. The van der Waals surface area contributed by atoms with Crippen molar-refractivity contribution in [2.24, 2.45) is 0 Å². The molecular formula is C28H30MoN2O6. The van der Waals surface area contributed by atoms with Gasteiger partial charge >= 0.3 is 25.3 Å². The van der Waals surface area contributed by atoms with Gasteiger partial charge in [-0.1, -0.05) is 60.7 Å². The van der Waals surface area contributed by atoms with Gasteiger partial charge in [-0.25, -0.2) is 0 Å². The van der Waals surface area contributed by atoms with Gasteiger partial charge in [0.05, 0.1) is 11.4 Å². The van der Waals surface area contributed by atoms with E-state index >= 15 is 0 Å². The molecule has 0 aliphatic carbocycles. The summed E-state index contributed by atoms with van der Waals surface area (Å²) in [5.41, 5.74) is 3.08. The number of aryl methyl sites for hydroxylation is 4. The average Bonchev–Trinajstić information content (AvgIpc) is 2.92. The van der Waals surface area contributed by atoms with Gasteiger partial charge in [0, 0.05) is 37.6 Å². The van der Waals surface area contributed by atoms with Crippen molar-refractivity contribution in [3.8, 4) is 11.5 Å². The molecule has 4 aromatic rings. The molecule has 194 valence electrons. The van der Waals surface area contributed by atoms with Crippen molar-refractivity contribution in [3.05, 3.63) is 128 Å². The second kappa shape index (κ2) is 15.4. The first-order valence-corrected chi connectivity index (χ1v) is 13.2. The van der Waals surface area contributed by atoms with Crippen LogP contribution in [0.1, 0.15) is 22.5 Å². The van der Waals surface area contributed by atoms with Crippen LogP contribution in [0.3, 0.4) is 0 Å². The SMILES string of the molecule is Cc1c(O)c(=O)ccn1CCc1ccccc1.Cc1c(O)c(=O)ccn1CCc1ccccc1.[O]=[Mo]=[O]. The third-order valence-electron chi connectivity index (χ3n) is 5.79. The zero-order valence-electron chi connectivity index (χ0n) is 20.7. The monoisotopic (exact) mass is 588 g/mol. The van der Waals surface area contributed by atoms with Crippen molar-refractivity contribution in [3.63, 3.8) is 0 Å². The Morgan fingerprint density at radius 2 is 0.946 bits per heavy atom. The number of nitrogens with zero attached hydrogens (tertiary/aromatic N) is 2. The fourth-order valence-electron chi connectivity index (χ4n) is 3.60. The Bertz CT molecular complexity index is 1320. The van der Waals surface area contributed by atoms with Crippen LogP contribution in [-0.4, -0.2) is 19.3 Å². The molecule has 0 saturated carbocycles. The Balaban J connectivity index is 0.000000235. The van der Waals surface area contributed by atoms with E-state index in [4.69, 9.17) is 6.80 Å². The summed E-state index contributed by atoms with van der Waals surface area (Å²) in [6.07, 6.45) is 5.20. The summed E-state index contributed by atoms with van der Waals surface area (Å²) < 4.78 is 20.8. The van der Waals surface area contributed by atoms with Gasteiger partial charge in [0.15, 0.2) is 11.5 Å². The van der Waals surface area contributed by atoms with E-state index in [0.29, 0.717) is 11.4 Å². The molecule has 0 saturated heterocycles. The van der Waals surface area contributed by atoms with Gasteiger partial charge in [-0.05, 0) is 37.8 Å². The maximum absolute atomic E-state index is 11.2. The normalized spacial score (nSPS) is 9.89. The molecule has 0 amide bonds. The summed E-state index contributed by atoms with van der Waals surface area (Å²) in [6.45, 7) is 5.01. The van der Waals surface area contributed by atoms with Gasteiger partial charge in [-0.2, -0.15) is 0 Å². The van der Waals surface area contributed by atoms with Crippen LogP contribution in [0.25, 0.3) is 0 Å². The number of hydrogen-bond donors (Lipinski definition) is 2. The average molecular weight is 586 g/mol. The molecule has 0 aliphatic heterocycles. The molecule has 0 unspecified atom stereocenters. The van der Waals surface area contributed by atoms with E-state index in [1.807, 2.05) is 45.5 Å². The molecular weight excluding hydrogens is 556 g/mol. The van der Waals surface area contributed by atoms with Gasteiger partial charge in [0.1, 0.15) is 0 Å². The van der Waals surface area contributed by atoms with Crippen LogP contribution in [0.15, 0.2) is 94.8 Å². The van der Waals surface area contributed by atoms with Crippen LogP contribution >= 0.6 is 0 Å². The Hall–Kier alpha value is -3.77. The van der Waals surface area contributed by atoms with E-state index in [1.54, 1.807) is 26.2 Å². The second-order valence-corrected chi connectivity index (χ2v) is 8.49. The summed E-state index contributed by atoms with van der Waals surface area (Å²) in [7, 11) is 0.